The van der Waals surface area contributed by atoms with Crippen LogP contribution in [0.2, 0.25) is 0 Å². The molecule has 0 aromatic heterocycles. The lowest BCUT2D eigenvalue weighted by Gasteiger charge is -2.29. The number of carbonyl (C=O) groups is 2. The molecule has 1 saturated heterocycles. The molecule has 1 aliphatic heterocycles. The Hall–Kier alpha value is -2.50. The minimum atomic E-state index is 0.0107. The van der Waals surface area contributed by atoms with Gasteiger partial charge in [0.15, 0.2) is 5.78 Å². The van der Waals surface area contributed by atoms with Gasteiger partial charge in [-0.25, -0.2) is 0 Å². The summed E-state index contributed by atoms with van der Waals surface area (Å²) in [7, 11) is 0. The van der Waals surface area contributed by atoms with Crippen molar-refractivity contribution in [3.8, 4) is 0 Å². The number of likely N-dealkylation sites (N-methyl/N-ethyl adjacent to an activating group) is 1. The lowest BCUT2D eigenvalue weighted by Crippen LogP contribution is -2.39. The fourth-order valence-corrected chi connectivity index (χ4v) is 4.22. The maximum absolute atomic E-state index is 12.4. The minimum Gasteiger partial charge on any atom is -0.326 e. The van der Waals surface area contributed by atoms with Crippen molar-refractivity contribution in [2.24, 2.45) is 0 Å². The highest BCUT2D eigenvalue weighted by atomic mass is 16.1. The van der Waals surface area contributed by atoms with E-state index in [4.69, 9.17) is 0 Å². The van der Waals surface area contributed by atoms with Crippen LogP contribution in [-0.2, 0) is 4.79 Å². The number of likely N-dealkylation sites (tertiary alicyclic amines) is 1. The van der Waals surface area contributed by atoms with E-state index in [1.165, 1.54) is 12.5 Å². The lowest BCUT2D eigenvalue weighted by atomic mass is 10.1. The normalized spacial score (nSPS) is 17.8. The van der Waals surface area contributed by atoms with Crippen LogP contribution in [0, 0.1) is 0 Å². The van der Waals surface area contributed by atoms with Gasteiger partial charge in [-0.05, 0) is 56.6 Å². The number of ketones is 1. The lowest BCUT2D eigenvalue weighted by molar-refractivity contribution is -0.116. The molecule has 5 nitrogen and oxygen atoms in total. The highest BCUT2D eigenvalue weighted by Crippen LogP contribution is 2.26. The van der Waals surface area contributed by atoms with Crippen LogP contribution < -0.4 is 5.32 Å². The Kier molecular flexibility index (Phi) is 7.77. The summed E-state index contributed by atoms with van der Waals surface area (Å²) in [5.41, 5.74) is 2.74. The first kappa shape index (κ1) is 22.2. The predicted octanol–water partition coefficient (Wildman–Crippen LogP) is 4.38. The van der Waals surface area contributed by atoms with Gasteiger partial charge in [0.2, 0.25) is 5.91 Å². The SMILES string of the molecule is CCN(CCC(=O)Nc1ccc(C(C)=O)cc1)C1CCN(C(C)c2ccccc2)C1. The average molecular weight is 408 g/mol. The van der Waals surface area contributed by atoms with Crippen LogP contribution in [-0.4, -0.2) is 53.7 Å². The molecule has 3 rings (SSSR count). The summed E-state index contributed by atoms with van der Waals surface area (Å²) >= 11 is 0. The van der Waals surface area contributed by atoms with E-state index >= 15 is 0 Å². The summed E-state index contributed by atoms with van der Waals surface area (Å²) < 4.78 is 0. The van der Waals surface area contributed by atoms with Gasteiger partial charge in [0.25, 0.3) is 0 Å². The van der Waals surface area contributed by atoms with Crippen LogP contribution in [0.3, 0.4) is 0 Å². The van der Waals surface area contributed by atoms with Gasteiger partial charge in [-0.3, -0.25) is 19.4 Å². The van der Waals surface area contributed by atoms with E-state index in [2.05, 4.69) is 59.3 Å². The molecule has 0 aliphatic carbocycles. The standard InChI is InChI=1S/C25H33N3O2/c1-4-27(17-15-25(30)26-23-12-10-22(11-13-23)20(3)29)24-14-16-28(18-24)19(2)21-8-6-5-7-9-21/h5-13,19,24H,4,14-18H2,1-3H3,(H,26,30). The molecule has 30 heavy (non-hydrogen) atoms. The van der Waals surface area contributed by atoms with E-state index < -0.39 is 0 Å². The molecule has 1 heterocycles. The van der Waals surface area contributed by atoms with Gasteiger partial charge < -0.3 is 5.32 Å². The zero-order valence-corrected chi connectivity index (χ0v) is 18.3. The Balaban J connectivity index is 1.48. The number of carbonyl (C=O) groups excluding carboxylic acids is 2. The fourth-order valence-electron chi connectivity index (χ4n) is 4.22. The molecule has 2 aromatic carbocycles. The number of benzene rings is 2. The molecule has 160 valence electrons. The summed E-state index contributed by atoms with van der Waals surface area (Å²) in [4.78, 5) is 28.7. The zero-order chi connectivity index (χ0) is 21.5. The molecular weight excluding hydrogens is 374 g/mol. The largest absolute Gasteiger partial charge is 0.326 e. The van der Waals surface area contributed by atoms with Gasteiger partial charge in [0, 0.05) is 49.4 Å². The predicted molar refractivity (Wildman–Crippen MR) is 122 cm³/mol. The molecule has 1 N–H and O–H groups in total. The molecule has 1 aliphatic rings. The van der Waals surface area contributed by atoms with E-state index in [9.17, 15) is 9.59 Å². The molecular formula is C25H33N3O2. The number of Topliss-reactive ketones (excluding diaryl/α,β-unsaturated/α-hetero) is 1. The summed E-state index contributed by atoms with van der Waals surface area (Å²) in [6.45, 7) is 9.81. The minimum absolute atomic E-state index is 0.0107. The Morgan fingerprint density at radius 2 is 1.83 bits per heavy atom. The summed E-state index contributed by atoms with van der Waals surface area (Å²) in [6, 6.07) is 18.6. The highest BCUT2D eigenvalue weighted by Gasteiger charge is 2.30. The van der Waals surface area contributed by atoms with E-state index in [1.807, 2.05) is 0 Å². The number of rotatable bonds is 9. The fraction of sp³-hybridized carbons (Fsp3) is 0.440. The smallest absolute Gasteiger partial charge is 0.225 e. The van der Waals surface area contributed by atoms with Crippen molar-refractivity contribution in [2.75, 3.05) is 31.5 Å². The first-order chi connectivity index (χ1) is 14.5. The van der Waals surface area contributed by atoms with E-state index in [-0.39, 0.29) is 11.7 Å². The summed E-state index contributed by atoms with van der Waals surface area (Å²) in [6.07, 6.45) is 1.60. The average Bonchev–Trinajstić information content (AvgIpc) is 3.24. The quantitative estimate of drug-likeness (QED) is 0.627. The molecule has 2 unspecified atom stereocenters. The molecule has 5 heteroatoms. The maximum atomic E-state index is 12.4. The van der Waals surface area contributed by atoms with Crippen LogP contribution in [0.4, 0.5) is 5.69 Å². The van der Waals surface area contributed by atoms with Gasteiger partial charge in [0.1, 0.15) is 0 Å². The van der Waals surface area contributed by atoms with Gasteiger partial charge in [-0.1, -0.05) is 37.3 Å². The Labute approximate surface area is 180 Å². The number of anilines is 1. The Morgan fingerprint density at radius 3 is 2.47 bits per heavy atom. The van der Waals surface area contributed by atoms with Crippen LogP contribution in [0.1, 0.15) is 55.6 Å². The van der Waals surface area contributed by atoms with E-state index in [0.717, 1.165) is 38.3 Å². The van der Waals surface area contributed by atoms with Crippen molar-refractivity contribution >= 4 is 17.4 Å². The molecule has 0 saturated carbocycles. The molecule has 1 fully saturated rings. The van der Waals surface area contributed by atoms with Crippen LogP contribution >= 0.6 is 0 Å². The van der Waals surface area contributed by atoms with Gasteiger partial charge >= 0.3 is 0 Å². The molecule has 2 aromatic rings. The Morgan fingerprint density at radius 1 is 1.13 bits per heavy atom. The van der Waals surface area contributed by atoms with Crippen molar-refractivity contribution in [2.45, 2.75) is 45.7 Å². The molecule has 0 spiro atoms. The van der Waals surface area contributed by atoms with E-state index in [0.29, 0.717) is 24.1 Å². The second-order valence-electron chi connectivity index (χ2n) is 8.08. The summed E-state index contributed by atoms with van der Waals surface area (Å²) in [5.74, 6) is 0.0372. The van der Waals surface area contributed by atoms with Gasteiger partial charge in [-0.15, -0.1) is 0 Å². The van der Waals surface area contributed by atoms with Gasteiger partial charge in [-0.2, -0.15) is 0 Å². The third-order valence-electron chi connectivity index (χ3n) is 6.15. The second kappa shape index (κ2) is 10.5. The molecule has 2 atom stereocenters. The third kappa shape index (κ3) is 5.77. The van der Waals surface area contributed by atoms with Gasteiger partial charge in [0.05, 0.1) is 0 Å². The first-order valence-electron chi connectivity index (χ1n) is 10.9. The zero-order valence-electron chi connectivity index (χ0n) is 18.3. The topological polar surface area (TPSA) is 52.7 Å². The number of hydrogen-bond acceptors (Lipinski definition) is 4. The van der Waals surface area contributed by atoms with Crippen molar-refractivity contribution in [1.82, 2.24) is 9.80 Å². The maximum Gasteiger partial charge on any atom is 0.225 e. The van der Waals surface area contributed by atoms with Crippen LogP contribution in [0.5, 0.6) is 0 Å². The van der Waals surface area contributed by atoms with E-state index in [1.54, 1.807) is 24.3 Å². The number of hydrogen-bond donors (Lipinski definition) is 1. The highest BCUT2D eigenvalue weighted by molar-refractivity contribution is 5.95. The third-order valence-corrected chi connectivity index (χ3v) is 6.15. The first-order valence-corrected chi connectivity index (χ1v) is 10.9. The number of nitrogens with zero attached hydrogens (tertiary/aromatic N) is 2. The number of nitrogens with one attached hydrogen (secondary N) is 1. The molecule has 0 radical (unpaired) electrons. The van der Waals surface area contributed by atoms with Crippen molar-refractivity contribution < 1.29 is 9.59 Å². The summed E-state index contributed by atoms with van der Waals surface area (Å²) in [5, 5.41) is 2.94. The Bertz CT molecular complexity index is 835. The molecule has 1 amide bonds. The van der Waals surface area contributed by atoms with Crippen molar-refractivity contribution in [1.29, 1.82) is 0 Å². The second-order valence-corrected chi connectivity index (χ2v) is 8.08. The van der Waals surface area contributed by atoms with Crippen LogP contribution in [0.15, 0.2) is 54.6 Å². The van der Waals surface area contributed by atoms with Crippen molar-refractivity contribution in [3.05, 3.63) is 65.7 Å². The molecule has 0 bridgehead atoms. The van der Waals surface area contributed by atoms with Crippen molar-refractivity contribution in [3.63, 3.8) is 0 Å². The van der Waals surface area contributed by atoms with Crippen LogP contribution in [0.25, 0.3) is 0 Å². The number of amides is 1. The monoisotopic (exact) mass is 407 g/mol.